The van der Waals surface area contributed by atoms with Crippen molar-refractivity contribution in [3.63, 3.8) is 0 Å². The molecule has 0 atom stereocenters. The molecule has 29 heavy (non-hydrogen) atoms. The number of unbranched alkanes of at least 4 members (excludes halogenated alkanes) is 3. The minimum Gasteiger partial charge on any atom is -0.480 e. The van der Waals surface area contributed by atoms with Gasteiger partial charge in [-0.2, -0.15) is 0 Å². The lowest BCUT2D eigenvalue weighted by Crippen LogP contribution is -2.16. The van der Waals surface area contributed by atoms with Crippen molar-refractivity contribution in [2.24, 2.45) is 5.73 Å². The standard InChI is InChI=1S/C17H20N4O.C3H7NO2.ClH/c1-2-3-4-7-10-21-11-19-14-15(17(18)22)20-13-9-6-5-8-12(13)16(14)21;1-4-2-3(5)6;/h5-6,8-9,11H,2-4,7,10H2,1H3,(H2,18,22);4H,2H2,1H3,(H,5,6);1H. The molecule has 0 aliphatic rings. The monoisotopic (exact) mass is 421 g/mol. The smallest absolute Gasteiger partial charge is 0.317 e. The van der Waals surface area contributed by atoms with Crippen molar-refractivity contribution in [1.82, 2.24) is 19.9 Å². The number of carboxylic acid groups (broad SMARTS) is 1. The van der Waals surface area contributed by atoms with Crippen molar-refractivity contribution in [2.75, 3.05) is 13.6 Å². The Morgan fingerprint density at radius 3 is 2.52 bits per heavy atom. The first-order chi connectivity index (χ1) is 13.5. The van der Waals surface area contributed by atoms with Gasteiger partial charge in [-0.25, -0.2) is 9.97 Å². The highest BCUT2D eigenvalue weighted by Gasteiger charge is 2.16. The second kappa shape index (κ2) is 12.0. The lowest BCUT2D eigenvalue weighted by molar-refractivity contribution is -0.135. The average molecular weight is 422 g/mol. The quantitative estimate of drug-likeness (QED) is 0.480. The van der Waals surface area contributed by atoms with Gasteiger partial charge in [-0.3, -0.25) is 9.59 Å². The molecule has 0 fully saturated rings. The molecule has 3 aromatic rings. The third kappa shape index (κ3) is 6.40. The Labute approximate surface area is 175 Å². The van der Waals surface area contributed by atoms with Gasteiger partial charge in [0.25, 0.3) is 5.91 Å². The van der Waals surface area contributed by atoms with Crippen molar-refractivity contribution in [3.05, 3.63) is 36.3 Å². The van der Waals surface area contributed by atoms with Crippen molar-refractivity contribution in [2.45, 2.75) is 39.2 Å². The summed E-state index contributed by atoms with van der Waals surface area (Å²) >= 11 is 0. The fraction of sp³-hybridized carbons (Fsp3) is 0.400. The van der Waals surface area contributed by atoms with E-state index in [1.54, 1.807) is 13.4 Å². The molecule has 1 aromatic carbocycles. The van der Waals surface area contributed by atoms with Crippen LogP contribution < -0.4 is 11.1 Å². The van der Waals surface area contributed by atoms with Gasteiger partial charge in [0, 0.05) is 11.9 Å². The summed E-state index contributed by atoms with van der Waals surface area (Å²) in [6, 6.07) is 7.80. The van der Waals surface area contributed by atoms with E-state index in [1.165, 1.54) is 19.3 Å². The second-order valence-electron chi connectivity index (χ2n) is 6.46. The number of benzene rings is 1. The van der Waals surface area contributed by atoms with Gasteiger partial charge in [0.2, 0.25) is 0 Å². The predicted octanol–water partition coefficient (Wildman–Crippen LogP) is 2.98. The molecule has 0 bridgehead atoms. The number of nitrogens with zero attached hydrogens (tertiary/aromatic N) is 3. The van der Waals surface area contributed by atoms with Gasteiger partial charge >= 0.3 is 5.97 Å². The lowest BCUT2D eigenvalue weighted by Gasteiger charge is -2.08. The van der Waals surface area contributed by atoms with Crippen LogP contribution in [0.5, 0.6) is 0 Å². The molecule has 8 nitrogen and oxygen atoms in total. The SMILES string of the molecule is CCCCCCn1cnc2c(C(N)=O)nc3ccccc3c21.CNCC(=O)O.Cl. The third-order valence-corrected chi connectivity index (χ3v) is 4.27. The van der Waals surface area contributed by atoms with Gasteiger partial charge in [-0.05, 0) is 19.5 Å². The van der Waals surface area contributed by atoms with Gasteiger partial charge in [-0.15, -0.1) is 12.4 Å². The summed E-state index contributed by atoms with van der Waals surface area (Å²) in [5.41, 5.74) is 8.05. The second-order valence-corrected chi connectivity index (χ2v) is 6.46. The number of likely N-dealkylation sites (N-methyl/N-ethyl adjacent to an activating group) is 1. The van der Waals surface area contributed by atoms with Crippen LogP contribution in [0.25, 0.3) is 21.9 Å². The number of carboxylic acids is 1. The van der Waals surface area contributed by atoms with Gasteiger partial charge in [-0.1, -0.05) is 44.4 Å². The number of aryl methyl sites for hydroxylation is 1. The Bertz CT molecular complexity index is 958. The Hall–Kier alpha value is -2.71. The molecule has 4 N–H and O–H groups in total. The highest BCUT2D eigenvalue weighted by Crippen LogP contribution is 2.26. The summed E-state index contributed by atoms with van der Waals surface area (Å²) in [6.45, 7) is 3.13. The van der Waals surface area contributed by atoms with E-state index in [0.29, 0.717) is 5.52 Å². The van der Waals surface area contributed by atoms with Crippen molar-refractivity contribution in [3.8, 4) is 0 Å². The van der Waals surface area contributed by atoms with Crippen molar-refractivity contribution < 1.29 is 14.7 Å². The number of halogens is 1. The summed E-state index contributed by atoms with van der Waals surface area (Å²) in [5.74, 6) is -1.36. The van der Waals surface area contributed by atoms with Crippen LogP contribution in [0.1, 0.15) is 43.1 Å². The number of carbonyl (C=O) groups is 2. The number of para-hydroxylation sites is 1. The van der Waals surface area contributed by atoms with Crippen molar-refractivity contribution in [1.29, 1.82) is 0 Å². The van der Waals surface area contributed by atoms with Crippen LogP contribution in [-0.4, -0.2) is 45.1 Å². The zero-order chi connectivity index (χ0) is 20.5. The Morgan fingerprint density at radius 2 is 1.93 bits per heavy atom. The van der Waals surface area contributed by atoms with Gasteiger partial charge in [0.15, 0.2) is 5.69 Å². The highest BCUT2D eigenvalue weighted by atomic mass is 35.5. The molecule has 0 radical (unpaired) electrons. The average Bonchev–Trinajstić information content (AvgIpc) is 3.09. The van der Waals surface area contributed by atoms with Gasteiger partial charge < -0.3 is 20.7 Å². The molecule has 3 rings (SSSR count). The zero-order valence-electron chi connectivity index (χ0n) is 16.7. The first-order valence-electron chi connectivity index (χ1n) is 9.39. The summed E-state index contributed by atoms with van der Waals surface area (Å²) in [7, 11) is 1.59. The maximum atomic E-state index is 11.7. The summed E-state index contributed by atoms with van der Waals surface area (Å²) < 4.78 is 2.11. The number of primary amides is 1. The van der Waals surface area contributed by atoms with E-state index >= 15 is 0 Å². The minimum atomic E-state index is -0.822. The fourth-order valence-corrected chi connectivity index (χ4v) is 2.98. The maximum absolute atomic E-state index is 11.7. The minimum absolute atomic E-state index is 0. The van der Waals surface area contributed by atoms with Crippen LogP contribution >= 0.6 is 12.4 Å². The Balaban J connectivity index is 0.000000529. The first kappa shape index (κ1) is 24.3. The topological polar surface area (TPSA) is 123 Å². The van der Waals surface area contributed by atoms with Crippen LogP contribution in [0, 0.1) is 0 Å². The van der Waals surface area contributed by atoms with E-state index in [9.17, 15) is 9.59 Å². The molecular weight excluding hydrogens is 394 g/mol. The third-order valence-electron chi connectivity index (χ3n) is 4.27. The zero-order valence-corrected chi connectivity index (χ0v) is 17.5. The van der Waals surface area contributed by atoms with Crippen LogP contribution in [0.2, 0.25) is 0 Å². The van der Waals surface area contributed by atoms with Crippen LogP contribution in [0.3, 0.4) is 0 Å². The molecule has 0 spiro atoms. The Morgan fingerprint density at radius 1 is 1.21 bits per heavy atom. The molecule has 0 saturated carbocycles. The number of fused-ring (bicyclic) bond motifs is 3. The number of hydrogen-bond acceptors (Lipinski definition) is 5. The predicted molar refractivity (Wildman–Crippen MR) is 117 cm³/mol. The summed E-state index contributed by atoms with van der Waals surface area (Å²) in [5, 5.41) is 11.3. The number of nitrogens with one attached hydrogen (secondary N) is 1. The molecule has 0 aliphatic carbocycles. The highest BCUT2D eigenvalue weighted by molar-refractivity contribution is 6.11. The van der Waals surface area contributed by atoms with Crippen molar-refractivity contribution >= 4 is 46.2 Å². The van der Waals surface area contributed by atoms with Crippen LogP contribution in [-0.2, 0) is 11.3 Å². The van der Waals surface area contributed by atoms with E-state index < -0.39 is 11.9 Å². The molecule has 0 saturated heterocycles. The van der Waals surface area contributed by atoms with E-state index in [4.69, 9.17) is 10.8 Å². The first-order valence-corrected chi connectivity index (χ1v) is 9.39. The number of amides is 1. The molecule has 0 unspecified atom stereocenters. The molecule has 1 amide bonds. The molecule has 0 aliphatic heterocycles. The van der Waals surface area contributed by atoms with Crippen LogP contribution in [0.4, 0.5) is 0 Å². The molecule has 158 valence electrons. The number of carbonyl (C=O) groups excluding carboxylic acids is 1. The van der Waals surface area contributed by atoms with Crippen LogP contribution in [0.15, 0.2) is 30.6 Å². The van der Waals surface area contributed by atoms with Gasteiger partial charge in [0.1, 0.15) is 5.52 Å². The number of pyridine rings is 1. The number of aliphatic carboxylic acids is 1. The van der Waals surface area contributed by atoms with E-state index in [2.05, 4.69) is 26.8 Å². The maximum Gasteiger partial charge on any atom is 0.317 e. The van der Waals surface area contributed by atoms with E-state index in [0.717, 1.165) is 29.4 Å². The molecule has 2 aromatic heterocycles. The van der Waals surface area contributed by atoms with E-state index in [-0.39, 0.29) is 24.6 Å². The molecular formula is C20H28ClN5O3. The van der Waals surface area contributed by atoms with E-state index in [1.807, 2.05) is 24.3 Å². The largest absolute Gasteiger partial charge is 0.480 e. The summed E-state index contributed by atoms with van der Waals surface area (Å²) in [4.78, 5) is 30.0. The fourth-order valence-electron chi connectivity index (χ4n) is 2.98. The number of nitrogens with two attached hydrogens (primary N) is 1. The number of aromatic nitrogens is 3. The number of imidazole rings is 1. The molecule has 9 heteroatoms. The molecule has 2 heterocycles. The summed E-state index contributed by atoms with van der Waals surface area (Å²) in [6.07, 6.45) is 6.53. The Kier molecular flexibility index (Phi) is 10.1. The number of rotatable bonds is 8. The van der Waals surface area contributed by atoms with Gasteiger partial charge in [0.05, 0.1) is 23.9 Å². The normalized spacial score (nSPS) is 10.3. The number of hydrogen-bond donors (Lipinski definition) is 3. The lowest BCUT2D eigenvalue weighted by atomic mass is 10.1.